The van der Waals surface area contributed by atoms with Crippen LogP contribution in [0, 0.1) is 5.82 Å². The predicted molar refractivity (Wildman–Crippen MR) is 80.6 cm³/mol. The third-order valence-corrected chi connectivity index (χ3v) is 2.98. The highest BCUT2D eigenvalue weighted by Crippen LogP contribution is 2.28. The Morgan fingerprint density at radius 3 is 2.65 bits per heavy atom. The average Bonchev–Trinajstić information content (AvgIpc) is 2.45. The van der Waals surface area contributed by atoms with Crippen LogP contribution < -0.4 is 15.8 Å². The van der Waals surface area contributed by atoms with Crippen LogP contribution in [0.15, 0.2) is 42.5 Å². The molecule has 0 amide bonds. The highest BCUT2D eigenvalue weighted by atomic mass is 19.1. The van der Waals surface area contributed by atoms with Gasteiger partial charge >= 0.3 is 0 Å². The van der Waals surface area contributed by atoms with Gasteiger partial charge in [0.15, 0.2) is 11.6 Å². The van der Waals surface area contributed by atoms with Gasteiger partial charge in [-0.3, -0.25) is 0 Å². The van der Waals surface area contributed by atoms with Crippen LogP contribution in [0.5, 0.6) is 5.75 Å². The Bertz CT molecular complexity index is 558. The summed E-state index contributed by atoms with van der Waals surface area (Å²) < 4.78 is 18.8. The summed E-state index contributed by atoms with van der Waals surface area (Å²) in [6, 6.07) is 13.0. The van der Waals surface area contributed by atoms with E-state index in [1.165, 1.54) is 11.6 Å². The van der Waals surface area contributed by atoms with Crippen LogP contribution in [0.25, 0.3) is 0 Å². The van der Waals surface area contributed by atoms with Gasteiger partial charge in [-0.05, 0) is 18.9 Å². The van der Waals surface area contributed by atoms with Gasteiger partial charge in [0.05, 0.1) is 18.0 Å². The van der Waals surface area contributed by atoms with Crippen LogP contribution in [-0.4, -0.2) is 13.2 Å². The monoisotopic (exact) mass is 274 g/mol. The van der Waals surface area contributed by atoms with Gasteiger partial charge < -0.3 is 15.8 Å². The lowest BCUT2D eigenvalue weighted by Crippen LogP contribution is -2.08. The number of ether oxygens (including phenoxy) is 1. The first kappa shape index (κ1) is 14.2. The minimum absolute atomic E-state index is 0.226. The van der Waals surface area contributed by atoms with Crippen LogP contribution in [0.4, 0.5) is 15.8 Å². The van der Waals surface area contributed by atoms with E-state index >= 15 is 0 Å². The van der Waals surface area contributed by atoms with Crippen molar-refractivity contribution in [3.8, 4) is 5.75 Å². The van der Waals surface area contributed by atoms with Gasteiger partial charge in [-0.1, -0.05) is 30.3 Å². The summed E-state index contributed by atoms with van der Waals surface area (Å²) in [7, 11) is 0. The van der Waals surface area contributed by atoms with E-state index in [2.05, 4.69) is 17.4 Å². The topological polar surface area (TPSA) is 47.3 Å². The van der Waals surface area contributed by atoms with Crippen molar-refractivity contribution in [3.05, 3.63) is 53.8 Å². The third-order valence-electron chi connectivity index (χ3n) is 2.98. The smallest absolute Gasteiger partial charge is 0.167 e. The van der Waals surface area contributed by atoms with E-state index in [-0.39, 0.29) is 5.75 Å². The molecule has 0 aromatic heterocycles. The van der Waals surface area contributed by atoms with E-state index in [0.29, 0.717) is 18.0 Å². The molecule has 0 aliphatic carbocycles. The first-order chi connectivity index (χ1) is 9.70. The minimum Gasteiger partial charge on any atom is -0.491 e. The maximum absolute atomic E-state index is 13.6. The van der Waals surface area contributed by atoms with E-state index in [4.69, 9.17) is 10.5 Å². The molecule has 0 bridgehead atoms. The van der Waals surface area contributed by atoms with Crippen molar-refractivity contribution >= 4 is 11.4 Å². The lowest BCUT2D eigenvalue weighted by molar-refractivity contribution is 0.322. The second kappa shape index (κ2) is 6.80. The Balaban J connectivity index is 2.00. The molecule has 2 aromatic rings. The van der Waals surface area contributed by atoms with Crippen molar-refractivity contribution in [2.24, 2.45) is 0 Å². The van der Waals surface area contributed by atoms with Gasteiger partial charge in [0, 0.05) is 18.7 Å². The Kier molecular flexibility index (Phi) is 4.82. The Morgan fingerprint density at radius 1 is 1.20 bits per heavy atom. The molecule has 0 saturated heterocycles. The number of anilines is 2. The zero-order valence-corrected chi connectivity index (χ0v) is 11.5. The number of hydrogen-bond acceptors (Lipinski definition) is 3. The van der Waals surface area contributed by atoms with E-state index < -0.39 is 5.82 Å². The zero-order chi connectivity index (χ0) is 14.4. The number of halogens is 1. The fourth-order valence-electron chi connectivity index (χ4n) is 1.97. The highest BCUT2D eigenvalue weighted by Gasteiger charge is 2.08. The molecule has 106 valence electrons. The van der Waals surface area contributed by atoms with E-state index in [1.54, 1.807) is 6.07 Å². The standard InChI is InChI=1S/C16H19FN2O/c1-2-20-16-11-15(14(18)10-13(16)17)19-9-8-12-6-4-3-5-7-12/h3-7,10-11,19H,2,8-9,18H2,1H3. The van der Waals surface area contributed by atoms with Gasteiger partial charge in [-0.25, -0.2) is 4.39 Å². The molecule has 3 N–H and O–H groups in total. The molecule has 0 saturated carbocycles. The van der Waals surface area contributed by atoms with Crippen molar-refractivity contribution in [2.75, 3.05) is 24.2 Å². The van der Waals surface area contributed by atoms with E-state index in [9.17, 15) is 4.39 Å². The molecule has 0 aliphatic rings. The summed E-state index contributed by atoms with van der Waals surface area (Å²) in [6.45, 7) is 2.97. The molecule has 0 aliphatic heterocycles. The lowest BCUT2D eigenvalue weighted by Gasteiger charge is -2.12. The number of hydrogen-bond donors (Lipinski definition) is 2. The highest BCUT2D eigenvalue weighted by molar-refractivity contribution is 5.68. The predicted octanol–water partition coefficient (Wildman–Crippen LogP) is 3.46. The second-order valence-electron chi connectivity index (χ2n) is 4.47. The van der Waals surface area contributed by atoms with Gasteiger partial charge in [-0.2, -0.15) is 0 Å². The summed E-state index contributed by atoms with van der Waals surface area (Å²) in [6.07, 6.45) is 0.877. The Hall–Kier alpha value is -2.23. The molecule has 2 aromatic carbocycles. The van der Waals surface area contributed by atoms with Crippen LogP contribution in [0.3, 0.4) is 0 Å². The van der Waals surface area contributed by atoms with Gasteiger partial charge in [0.25, 0.3) is 0 Å². The van der Waals surface area contributed by atoms with Gasteiger partial charge in [0.1, 0.15) is 0 Å². The van der Waals surface area contributed by atoms with Crippen molar-refractivity contribution in [2.45, 2.75) is 13.3 Å². The van der Waals surface area contributed by atoms with Gasteiger partial charge in [-0.15, -0.1) is 0 Å². The molecule has 0 radical (unpaired) electrons. The normalized spacial score (nSPS) is 10.3. The second-order valence-corrected chi connectivity index (χ2v) is 4.47. The van der Waals surface area contributed by atoms with Crippen molar-refractivity contribution in [3.63, 3.8) is 0 Å². The molecule has 0 fully saturated rings. The molecule has 0 atom stereocenters. The molecular formula is C16H19FN2O. The zero-order valence-electron chi connectivity index (χ0n) is 11.5. The van der Waals surface area contributed by atoms with Crippen molar-refractivity contribution in [1.82, 2.24) is 0 Å². The minimum atomic E-state index is -0.432. The summed E-state index contributed by atoms with van der Waals surface area (Å²) in [5.74, 6) is -0.207. The van der Waals surface area contributed by atoms with Crippen LogP contribution in [0.2, 0.25) is 0 Å². The summed E-state index contributed by atoms with van der Waals surface area (Å²) in [5.41, 5.74) is 8.14. The van der Waals surface area contributed by atoms with Crippen molar-refractivity contribution < 1.29 is 9.13 Å². The number of nitrogens with one attached hydrogen (secondary N) is 1. The molecule has 0 spiro atoms. The van der Waals surface area contributed by atoms with E-state index in [0.717, 1.165) is 13.0 Å². The number of rotatable bonds is 6. The van der Waals surface area contributed by atoms with Gasteiger partial charge in [0.2, 0.25) is 0 Å². The fraction of sp³-hybridized carbons (Fsp3) is 0.250. The first-order valence-electron chi connectivity index (χ1n) is 6.70. The molecule has 20 heavy (non-hydrogen) atoms. The molecule has 3 nitrogen and oxygen atoms in total. The van der Waals surface area contributed by atoms with E-state index in [1.807, 2.05) is 25.1 Å². The number of nitrogens with two attached hydrogens (primary N) is 1. The quantitative estimate of drug-likeness (QED) is 0.793. The Morgan fingerprint density at radius 2 is 1.95 bits per heavy atom. The third kappa shape index (κ3) is 3.63. The molecular weight excluding hydrogens is 255 g/mol. The fourth-order valence-corrected chi connectivity index (χ4v) is 1.97. The molecule has 0 heterocycles. The SMILES string of the molecule is CCOc1cc(NCCc2ccccc2)c(N)cc1F. The summed E-state index contributed by atoms with van der Waals surface area (Å²) in [5, 5.41) is 3.22. The lowest BCUT2D eigenvalue weighted by atomic mass is 10.1. The first-order valence-corrected chi connectivity index (χ1v) is 6.70. The number of benzene rings is 2. The maximum atomic E-state index is 13.6. The summed E-state index contributed by atoms with van der Waals surface area (Å²) >= 11 is 0. The molecule has 2 rings (SSSR count). The molecule has 4 heteroatoms. The maximum Gasteiger partial charge on any atom is 0.167 e. The van der Waals surface area contributed by atoms with Crippen molar-refractivity contribution in [1.29, 1.82) is 0 Å². The van der Waals surface area contributed by atoms with Crippen LogP contribution in [-0.2, 0) is 6.42 Å². The Labute approximate surface area is 118 Å². The van der Waals surface area contributed by atoms with Crippen LogP contribution >= 0.6 is 0 Å². The average molecular weight is 274 g/mol. The van der Waals surface area contributed by atoms with Crippen LogP contribution in [0.1, 0.15) is 12.5 Å². The largest absolute Gasteiger partial charge is 0.491 e. The number of nitrogen functional groups attached to an aromatic ring is 1. The molecule has 0 unspecified atom stereocenters. The summed E-state index contributed by atoms with van der Waals surface area (Å²) in [4.78, 5) is 0.